The fourth-order valence-electron chi connectivity index (χ4n) is 5.19. The van der Waals surface area contributed by atoms with Gasteiger partial charge in [0.25, 0.3) is 5.82 Å². The molecule has 2 aromatic rings. The number of nitrogens with one attached hydrogen (secondary N) is 2. The van der Waals surface area contributed by atoms with Crippen LogP contribution in [0.2, 0.25) is 5.28 Å². The molecular weight excluding hydrogens is 445 g/mol. The van der Waals surface area contributed by atoms with E-state index in [1.165, 1.54) is 12.5 Å². The number of carbonyl (C=O) groups is 2. The summed E-state index contributed by atoms with van der Waals surface area (Å²) in [6.45, 7) is 0.142. The Bertz CT molecular complexity index is 1020. The van der Waals surface area contributed by atoms with Crippen LogP contribution in [0.5, 0.6) is 0 Å². The standard InChI is InChI=1S/C19H21ClFN7O3.H2O/c20-19-23-5-13(21)18(26-19)25-16-12-4-10(15(16)17(22)30)3-9(12)1-2-11(29)6-28-7-14(27-31)24-8-28;/h5,7-10,12,15-16H,1-4,6H2,(H3,22,23,25,26,30);1H2/t9-,10-,12-,15+,16-;/m1./s1. The number of aromatic nitrogens is 4. The lowest BCUT2D eigenvalue weighted by Crippen LogP contribution is -2.45. The summed E-state index contributed by atoms with van der Waals surface area (Å²) in [5.41, 5.74) is 5.64. The average Bonchev–Trinajstić information content (AvgIpc) is 3.43. The van der Waals surface area contributed by atoms with E-state index >= 15 is 0 Å². The Labute approximate surface area is 187 Å². The maximum Gasteiger partial charge on any atom is 0.298 e. The third-order valence-corrected chi connectivity index (χ3v) is 6.59. The smallest absolute Gasteiger partial charge is 0.298 e. The summed E-state index contributed by atoms with van der Waals surface area (Å²) in [5, 5.41) is 5.72. The van der Waals surface area contributed by atoms with Gasteiger partial charge in [-0.2, -0.15) is 4.98 Å². The molecule has 2 heterocycles. The number of nitrogens with zero attached hydrogens (tertiary/aromatic N) is 4. The number of imidazole rings is 1. The molecule has 4 rings (SSSR count). The number of ketones is 1. The molecule has 1 amide bonds. The van der Waals surface area contributed by atoms with E-state index in [1.54, 1.807) is 4.57 Å². The predicted octanol–water partition coefficient (Wildman–Crippen LogP) is 1.69. The highest BCUT2D eigenvalue weighted by Crippen LogP contribution is 2.54. The molecule has 2 aromatic heterocycles. The lowest BCUT2D eigenvalue weighted by molar-refractivity contribution is -0.682. The number of primary amides is 1. The van der Waals surface area contributed by atoms with Crippen LogP contribution in [0.4, 0.5) is 16.0 Å². The van der Waals surface area contributed by atoms with Gasteiger partial charge in [0.1, 0.15) is 6.54 Å². The first-order valence-electron chi connectivity index (χ1n) is 10.0. The molecule has 0 saturated heterocycles. The first-order chi connectivity index (χ1) is 14.9. The molecule has 2 aliphatic carbocycles. The molecule has 2 aliphatic rings. The van der Waals surface area contributed by atoms with Crippen molar-refractivity contribution in [3.05, 3.63) is 34.7 Å². The van der Waals surface area contributed by atoms with Gasteiger partial charge in [-0.1, -0.05) is 0 Å². The van der Waals surface area contributed by atoms with Crippen molar-refractivity contribution in [1.29, 1.82) is 0 Å². The van der Waals surface area contributed by atoms with Crippen LogP contribution in [0, 0.1) is 34.4 Å². The number of halogens is 2. The molecule has 2 bridgehead atoms. The number of aromatic amines is 1. The highest BCUT2D eigenvalue weighted by Gasteiger charge is 2.54. The van der Waals surface area contributed by atoms with Crippen molar-refractivity contribution in [2.24, 2.45) is 34.6 Å². The Kier molecular flexibility index (Phi) is 7.14. The lowest BCUT2D eigenvalue weighted by Gasteiger charge is -2.35. The molecule has 32 heavy (non-hydrogen) atoms. The summed E-state index contributed by atoms with van der Waals surface area (Å²) in [7, 11) is 0. The van der Waals surface area contributed by atoms with Crippen molar-refractivity contribution in [3.63, 3.8) is 0 Å². The number of hydrogen-bond donors (Lipinski definition) is 3. The van der Waals surface area contributed by atoms with Gasteiger partial charge in [0.05, 0.1) is 12.1 Å². The molecule has 0 aliphatic heterocycles. The first kappa shape index (κ1) is 23.7. The number of anilines is 1. The van der Waals surface area contributed by atoms with Gasteiger partial charge in [0.15, 0.2) is 23.6 Å². The van der Waals surface area contributed by atoms with E-state index in [0.29, 0.717) is 12.8 Å². The zero-order valence-corrected chi connectivity index (χ0v) is 17.7. The summed E-state index contributed by atoms with van der Waals surface area (Å²) in [4.78, 5) is 45.1. The molecule has 5 atom stereocenters. The second-order valence-electron chi connectivity index (χ2n) is 8.22. The van der Waals surface area contributed by atoms with E-state index in [2.05, 4.69) is 25.4 Å². The van der Waals surface area contributed by atoms with Crippen LogP contribution in [0.1, 0.15) is 25.7 Å². The molecule has 0 radical (unpaired) electrons. The zero-order chi connectivity index (χ0) is 22.1. The van der Waals surface area contributed by atoms with Gasteiger partial charge in [0, 0.05) is 17.6 Å². The van der Waals surface area contributed by atoms with Crippen molar-refractivity contribution in [2.45, 2.75) is 38.3 Å². The van der Waals surface area contributed by atoms with Gasteiger partial charge < -0.3 is 16.5 Å². The van der Waals surface area contributed by atoms with Gasteiger partial charge in [-0.3, -0.25) is 9.59 Å². The molecule has 172 valence electrons. The summed E-state index contributed by atoms with van der Waals surface area (Å²) in [6, 6.07) is -0.378. The summed E-state index contributed by atoms with van der Waals surface area (Å²) >= 11 is 5.79. The number of fused-ring (bicyclic) bond motifs is 2. The van der Waals surface area contributed by atoms with Gasteiger partial charge >= 0.3 is 0 Å². The Balaban J connectivity index is 0.00000289. The predicted molar refractivity (Wildman–Crippen MR) is 109 cm³/mol. The zero-order valence-electron chi connectivity index (χ0n) is 16.9. The van der Waals surface area contributed by atoms with Gasteiger partial charge in [0.2, 0.25) is 17.5 Å². The number of amides is 1. The van der Waals surface area contributed by atoms with Crippen molar-refractivity contribution in [1.82, 2.24) is 15.0 Å². The van der Waals surface area contributed by atoms with Crippen LogP contribution in [0.3, 0.4) is 0 Å². The Morgan fingerprint density at radius 2 is 2.19 bits per heavy atom. The third-order valence-electron chi connectivity index (χ3n) is 6.41. The monoisotopic (exact) mass is 467 g/mol. The highest BCUT2D eigenvalue weighted by atomic mass is 35.5. The van der Waals surface area contributed by atoms with Crippen LogP contribution in [-0.2, 0) is 16.1 Å². The lowest BCUT2D eigenvalue weighted by atomic mass is 9.76. The molecule has 5 N–H and O–H groups in total. The minimum absolute atomic E-state index is 0. The topological polar surface area (TPSA) is 177 Å². The normalized spacial score (nSPS) is 25.9. The van der Waals surface area contributed by atoms with E-state index in [1.807, 2.05) is 0 Å². The summed E-state index contributed by atoms with van der Waals surface area (Å²) in [6.07, 6.45) is 6.56. The molecule has 2 saturated carbocycles. The van der Waals surface area contributed by atoms with Crippen molar-refractivity contribution in [3.8, 4) is 0 Å². The largest absolute Gasteiger partial charge is 0.870 e. The summed E-state index contributed by atoms with van der Waals surface area (Å²) in [5.74, 6) is -1.05. The maximum atomic E-state index is 14.1. The Morgan fingerprint density at radius 1 is 1.41 bits per heavy atom. The Hall–Kier alpha value is -2.99. The Morgan fingerprint density at radius 3 is 2.88 bits per heavy atom. The second kappa shape index (κ2) is 9.65. The first-order valence-corrected chi connectivity index (χ1v) is 10.4. The van der Waals surface area contributed by atoms with Crippen LogP contribution < -0.4 is 15.6 Å². The van der Waals surface area contributed by atoms with Crippen LogP contribution >= 0.6 is 11.6 Å². The van der Waals surface area contributed by atoms with E-state index < -0.39 is 17.6 Å². The fraction of sp³-hybridized carbons (Fsp3) is 0.526. The molecule has 0 spiro atoms. The molecule has 0 aromatic carbocycles. The van der Waals surface area contributed by atoms with Gasteiger partial charge in [-0.25, -0.2) is 18.9 Å². The number of carbonyl (C=O) groups excluding carboxylic acids is 2. The minimum Gasteiger partial charge on any atom is -0.870 e. The van der Waals surface area contributed by atoms with E-state index in [4.69, 9.17) is 17.3 Å². The molecule has 11 nitrogen and oxygen atoms in total. The number of nitroso groups, excluding NO2 is 1. The number of hydrogen-bond acceptors (Lipinski definition) is 8. The van der Waals surface area contributed by atoms with Crippen molar-refractivity contribution in [2.75, 3.05) is 5.32 Å². The minimum atomic E-state index is -0.658. The van der Waals surface area contributed by atoms with Gasteiger partial charge in [-0.05, 0) is 48.6 Å². The van der Waals surface area contributed by atoms with E-state index in [-0.39, 0.29) is 58.5 Å². The fourth-order valence-corrected chi connectivity index (χ4v) is 5.32. The van der Waals surface area contributed by atoms with Crippen LogP contribution in [0.15, 0.2) is 23.9 Å². The molecular formula is C19H23ClFN7O4. The van der Waals surface area contributed by atoms with Crippen molar-refractivity contribution < 1.29 is 24.0 Å². The number of H-pyrrole nitrogens is 1. The van der Waals surface area contributed by atoms with Crippen LogP contribution in [-0.4, -0.2) is 38.2 Å². The maximum absolute atomic E-state index is 14.1. The number of rotatable bonds is 9. The third kappa shape index (κ3) is 4.75. The number of Topliss-reactive ketones (excluding diaryl/α,β-unsaturated/α-hetero) is 1. The van der Waals surface area contributed by atoms with Crippen molar-refractivity contribution >= 4 is 34.9 Å². The summed E-state index contributed by atoms with van der Waals surface area (Å²) < 4.78 is 15.7. The van der Waals surface area contributed by atoms with E-state index in [0.717, 1.165) is 19.0 Å². The molecule has 0 unspecified atom stereocenters. The van der Waals surface area contributed by atoms with E-state index in [9.17, 15) is 18.9 Å². The quantitative estimate of drug-likeness (QED) is 0.285. The molecule has 2 fully saturated rings. The highest BCUT2D eigenvalue weighted by molar-refractivity contribution is 6.28. The van der Waals surface area contributed by atoms with Gasteiger partial charge in [-0.15, -0.1) is 4.91 Å². The SMILES string of the molecule is NC(=O)[C@H]1[C@@H]2C[C@@H](CCC(=O)C[n+]3c[nH]c(N=O)c3)[C@@H](C2)[C@H]1Nc1nc(Cl)ncc1F.[OH-]. The average molecular weight is 468 g/mol. The molecule has 13 heteroatoms. The second-order valence-corrected chi connectivity index (χ2v) is 8.56. The van der Waals surface area contributed by atoms with Crippen LogP contribution in [0.25, 0.3) is 0 Å². The number of nitrogens with two attached hydrogens (primary N) is 1.